The number of carbonyl (C=O) groups is 3. The molecule has 3 aromatic rings. The average molecular weight is 526 g/mol. The lowest BCUT2D eigenvalue weighted by Crippen LogP contribution is -2.43. The average Bonchev–Trinajstić information content (AvgIpc) is 3.35. The Morgan fingerprint density at radius 3 is 2.44 bits per heavy atom. The van der Waals surface area contributed by atoms with E-state index in [1.54, 1.807) is 29.1 Å². The van der Waals surface area contributed by atoms with Crippen LogP contribution >= 0.6 is 0 Å². The number of non-ortho nitro benzene ring substituents is 1. The van der Waals surface area contributed by atoms with E-state index in [0.29, 0.717) is 16.8 Å². The van der Waals surface area contributed by atoms with Gasteiger partial charge in [0.25, 0.3) is 17.5 Å². The van der Waals surface area contributed by atoms with E-state index >= 15 is 0 Å². The van der Waals surface area contributed by atoms with Gasteiger partial charge >= 0.3 is 5.97 Å². The fourth-order valence-electron chi connectivity index (χ4n) is 4.10. The Hall–Kier alpha value is -5.37. The second-order valence-corrected chi connectivity index (χ2v) is 8.64. The van der Waals surface area contributed by atoms with E-state index in [9.17, 15) is 29.8 Å². The number of ether oxygens (including phenoxy) is 1. The van der Waals surface area contributed by atoms with Crippen molar-refractivity contribution >= 4 is 29.5 Å². The number of nitro benzene ring substituents is 1. The summed E-state index contributed by atoms with van der Waals surface area (Å²) < 4.78 is 6.51. The van der Waals surface area contributed by atoms with Crippen LogP contribution in [0.5, 0.6) is 0 Å². The molecule has 0 radical (unpaired) electrons. The Labute approximate surface area is 223 Å². The van der Waals surface area contributed by atoms with Gasteiger partial charge in [-0.3, -0.25) is 29.4 Å². The zero-order valence-electron chi connectivity index (χ0n) is 21.2. The molecular formula is C28H23N5O6. The summed E-state index contributed by atoms with van der Waals surface area (Å²) in [6, 6.07) is 17.0. The number of nitro groups is 1. The van der Waals surface area contributed by atoms with Gasteiger partial charge in [0.15, 0.2) is 0 Å². The number of rotatable bonds is 8. The van der Waals surface area contributed by atoms with Gasteiger partial charge in [0.05, 0.1) is 22.9 Å². The van der Waals surface area contributed by atoms with Gasteiger partial charge in [0, 0.05) is 48.5 Å². The van der Waals surface area contributed by atoms with Crippen molar-refractivity contribution < 1.29 is 24.0 Å². The van der Waals surface area contributed by atoms with Crippen molar-refractivity contribution in [3.8, 4) is 23.0 Å². The molecule has 2 heterocycles. The van der Waals surface area contributed by atoms with Crippen LogP contribution in [0.25, 0.3) is 23.0 Å². The van der Waals surface area contributed by atoms with Gasteiger partial charge in [-0.2, -0.15) is 10.4 Å². The highest BCUT2D eigenvalue weighted by molar-refractivity contribution is 6.19. The lowest BCUT2D eigenvalue weighted by atomic mass is 9.93. The number of carbonyl (C=O) groups excluding carboxylic acids is 3. The maximum absolute atomic E-state index is 13.5. The predicted molar refractivity (Wildman–Crippen MR) is 140 cm³/mol. The Bertz CT molecular complexity index is 1560. The molecule has 0 fully saturated rings. The maximum Gasteiger partial charge on any atom is 0.302 e. The minimum atomic E-state index is -0.712. The summed E-state index contributed by atoms with van der Waals surface area (Å²) in [4.78, 5) is 49.0. The third kappa shape index (κ3) is 5.65. The standard InChI is InChI=1S/C28H23N5O6/c1-18-24(27(35)31(28(36)25(18)16-29)13-6-14-39-19(2)34)15-21-17-32(22-7-4-3-5-8-22)30-26(21)20-9-11-23(12-10-20)33(37)38/h3-5,7-12,15,17H,6,13-14H2,1-2H3/b24-15+. The van der Waals surface area contributed by atoms with Crippen LogP contribution in [-0.2, 0) is 19.1 Å². The summed E-state index contributed by atoms with van der Waals surface area (Å²) in [6.45, 7) is 2.77. The smallest absolute Gasteiger partial charge is 0.302 e. The molecule has 0 spiro atoms. The van der Waals surface area contributed by atoms with Crippen LogP contribution in [0.1, 0.15) is 25.8 Å². The monoisotopic (exact) mass is 525 g/mol. The second-order valence-electron chi connectivity index (χ2n) is 8.64. The van der Waals surface area contributed by atoms with E-state index in [2.05, 4.69) is 5.10 Å². The third-order valence-electron chi connectivity index (χ3n) is 6.07. The van der Waals surface area contributed by atoms with E-state index < -0.39 is 22.7 Å². The molecule has 11 nitrogen and oxygen atoms in total. The number of nitrogens with zero attached hydrogens (tertiary/aromatic N) is 5. The Morgan fingerprint density at radius 2 is 1.82 bits per heavy atom. The highest BCUT2D eigenvalue weighted by Gasteiger charge is 2.35. The predicted octanol–water partition coefficient (Wildman–Crippen LogP) is 3.99. The number of hydrogen-bond donors (Lipinski definition) is 0. The lowest BCUT2D eigenvalue weighted by Gasteiger charge is -2.27. The number of esters is 1. The summed E-state index contributed by atoms with van der Waals surface area (Å²) in [5, 5.41) is 25.5. The van der Waals surface area contributed by atoms with Gasteiger partial charge < -0.3 is 4.74 Å². The molecule has 0 saturated heterocycles. The molecule has 0 bridgehead atoms. The minimum absolute atomic E-state index is 0.0180. The minimum Gasteiger partial charge on any atom is -0.466 e. The number of imide groups is 1. The molecule has 0 aliphatic carbocycles. The van der Waals surface area contributed by atoms with Gasteiger partial charge in [-0.15, -0.1) is 0 Å². The number of para-hydroxylation sites is 1. The summed E-state index contributed by atoms with van der Waals surface area (Å²) >= 11 is 0. The van der Waals surface area contributed by atoms with Crippen molar-refractivity contribution in [3.63, 3.8) is 0 Å². The van der Waals surface area contributed by atoms with Gasteiger partial charge in [-0.25, -0.2) is 4.68 Å². The van der Waals surface area contributed by atoms with E-state index in [-0.39, 0.29) is 42.0 Å². The molecule has 1 aliphatic heterocycles. The molecule has 196 valence electrons. The molecule has 1 aliphatic rings. The molecule has 4 rings (SSSR count). The molecule has 2 amide bonds. The highest BCUT2D eigenvalue weighted by atomic mass is 16.6. The van der Waals surface area contributed by atoms with Crippen molar-refractivity contribution in [2.75, 3.05) is 13.2 Å². The molecular weight excluding hydrogens is 502 g/mol. The molecule has 39 heavy (non-hydrogen) atoms. The molecule has 0 saturated carbocycles. The quantitative estimate of drug-likeness (QED) is 0.107. The van der Waals surface area contributed by atoms with Gasteiger partial charge in [-0.1, -0.05) is 18.2 Å². The van der Waals surface area contributed by atoms with Crippen LogP contribution in [0.3, 0.4) is 0 Å². The van der Waals surface area contributed by atoms with Crippen molar-refractivity contribution in [2.45, 2.75) is 20.3 Å². The zero-order valence-corrected chi connectivity index (χ0v) is 21.2. The molecule has 0 unspecified atom stereocenters. The first-order valence-corrected chi connectivity index (χ1v) is 11.9. The lowest BCUT2D eigenvalue weighted by molar-refractivity contribution is -0.384. The molecule has 1 aromatic heterocycles. The first-order valence-electron chi connectivity index (χ1n) is 11.9. The summed E-state index contributed by atoms with van der Waals surface area (Å²) in [5.74, 6) is -1.79. The van der Waals surface area contributed by atoms with E-state index in [0.717, 1.165) is 10.6 Å². The third-order valence-corrected chi connectivity index (χ3v) is 6.07. The van der Waals surface area contributed by atoms with Gasteiger partial charge in [-0.05, 0) is 49.3 Å². The number of benzene rings is 2. The normalized spacial score (nSPS) is 14.5. The summed E-state index contributed by atoms with van der Waals surface area (Å²) in [7, 11) is 0. The van der Waals surface area contributed by atoms with E-state index in [1.165, 1.54) is 26.0 Å². The van der Waals surface area contributed by atoms with Crippen LogP contribution in [0.15, 0.2) is 77.5 Å². The van der Waals surface area contributed by atoms with E-state index in [1.807, 2.05) is 36.4 Å². The van der Waals surface area contributed by atoms with Crippen LogP contribution in [0, 0.1) is 21.4 Å². The largest absolute Gasteiger partial charge is 0.466 e. The molecule has 11 heteroatoms. The van der Waals surface area contributed by atoms with Crippen LogP contribution < -0.4 is 0 Å². The fraction of sp³-hybridized carbons (Fsp3) is 0.179. The van der Waals surface area contributed by atoms with Crippen molar-refractivity contribution in [2.24, 2.45) is 0 Å². The Balaban J connectivity index is 1.81. The van der Waals surface area contributed by atoms with Gasteiger partial charge in [0.2, 0.25) is 0 Å². The molecule has 2 aromatic carbocycles. The van der Waals surface area contributed by atoms with Gasteiger partial charge in [0.1, 0.15) is 11.6 Å². The van der Waals surface area contributed by atoms with E-state index in [4.69, 9.17) is 4.74 Å². The molecule has 0 atom stereocenters. The Kier molecular flexibility index (Phi) is 7.77. The summed E-state index contributed by atoms with van der Waals surface area (Å²) in [6.07, 6.45) is 3.47. The zero-order chi connectivity index (χ0) is 28.1. The SMILES string of the molecule is CC(=O)OCCCN1C(=O)C(C#N)=C(C)/C(=C\c2cn(-c3ccccc3)nc2-c2ccc([N+](=O)[O-])cc2)C1=O. The molecule has 0 N–H and O–H groups in total. The van der Waals surface area contributed by atoms with Crippen LogP contribution in [0.4, 0.5) is 5.69 Å². The highest BCUT2D eigenvalue weighted by Crippen LogP contribution is 2.31. The first kappa shape index (κ1) is 26.7. The topological polar surface area (TPSA) is 148 Å². The van der Waals surface area contributed by atoms with Crippen molar-refractivity contribution in [1.29, 1.82) is 5.26 Å². The summed E-state index contributed by atoms with van der Waals surface area (Å²) in [5.41, 5.74) is 2.37. The van der Waals surface area contributed by atoms with Crippen molar-refractivity contribution in [1.82, 2.24) is 14.7 Å². The number of nitriles is 1. The number of hydrogen-bond acceptors (Lipinski definition) is 8. The first-order chi connectivity index (χ1) is 18.7. The maximum atomic E-state index is 13.5. The van der Waals surface area contributed by atoms with Crippen LogP contribution in [-0.4, -0.2) is 50.5 Å². The Morgan fingerprint density at radius 1 is 1.13 bits per heavy atom. The van der Waals surface area contributed by atoms with Crippen molar-refractivity contribution in [3.05, 3.63) is 93.2 Å². The second kappa shape index (κ2) is 11.4. The number of aromatic nitrogens is 2. The van der Waals surface area contributed by atoms with Crippen LogP contribution in [0.2, 0.25) is 0 Å². The number of amides is 2. The fourth-order valence-corrected chi connectivity index (χ4v) is 4.10.